The first-order valence-corrected chi connectivity index (χ1v) is 9.01. The third-order valence-electron chi connectivity index (χ3n) is 4.98. The molecule has 1 atom stereocenters. The van der Waals surface area contributed by atoms with Gasteiger partial charge in [-0.05, 0) is 49.4 Å². The van der Waals surface area contributed by atoms with Gasteiger partial charge >= 0.3 is 0 Å². The lowest BCUT2D eigenvalue weighted by Gasteiger charge is -2.32. The van der Waals surface area contributed by atoms with Gasteiger partial charge in [0.25, 0.3) is 0 Å². The minimum absolute atomic E-state index is 0.187. The molecule has 0 saturated carbocycles. The Hall–Kier alpha value is -2.33. The van der Waals surface area contributed by atoms with Crippen molar-refractivity contribution in [3.8, 4) is 0 Å². The van der Waals surface area contributed by atoms with Crippen LogP contribution in [0.4, 0.5) is 11.4 Å². The highest BCUT2D eigenvalue weighted by Gasteiger charge is 2.18. The summed E-state index contributed by atoms with van der Waals surface area (Å²) < 4.78 is 0. The predicted octanol–water partition coefficient (Wildman–Crippen LogP) is 3.87. The SMILES string of the molecule is Cc1ccc(C(N)C(=O)Nc2cccc(N3CCC(C)CC3)c2)cc1. The first kappa shape index (κ1) is 17.5. The minimum Gasteiger partial charge on any atom is -0.371 e. The number of hydrogen-bond donors (Lipinski definition) is 2. The van der Waals surface area contributed by atoms with Crippen molar-refractivity contribution in [3.63, 3.8) is 0 Å². The molecule has 25 heavy (non-hydrogen) atoms. The zero-order valence-electron chi connectivity index (χ0n) is 15.0. The zero-order valence-corrected chi connectivity index (χ0v) is 15.0. The maximum Gasteiger partial charge on any atom is 0.245 e. The number of nitrogens with two attached hydrogens (primary N) is 1. The molecular weight excluding hydrogens is 310 g/mol. The van der Waals surface area contributed by atoms with Gasteiger partial charge in [-0.25, -0.2) is 0 Å². The summed E-state index contributed by atoms with van der Waals surface area (Å²) in [6, 6.07) is 15.1. The summed E-state index contributed by atoms with van der Waals surface area (Å²) in [5.74, 6) is 0.611. The van der Waals surface area contributed by atoms with Gasteiger partial charge < -0.3 is 16.0 Å². The average molecular weight is 337 g/mol. The van der Waals surface area contributed by atoms with Crippen molar-refractivity contribution >= 4 is 17.3 Å². The Kier molecular flexibility index (Phi) is 5.39. The van der Waals surface area contributed by atoms with Crippen LogP contribution in [-0.4, -0.2) is 19.0 Å². The third kappa shape index (κ3) is 4.40. The molecule has 3 N–H and O–H groups in total. The average Bonchev–Trinajstić information content (AvgIpc) is 2.62. The van der Waals surface area contributed by atoms with E-state index in [-0.39, 0.29) is 5.91 Å². The van der Waals surface area contributed by atoms with E-state index in [1.807, 2.05) is 49.4 Å². The smallest absolute Gasteiger partial charge is 0.245 e. The summed E-state index contributed by atoms with van der Waals surface area (Å²) >= 11 is 0. The molecule has 2 aromatic rings. The van der Waals surface area contributed by atoms with Gasteiger partial charge in [0.15, 0.2) is 0 Å². The lowest BCUT2D eigenvalue weighted by atomic mass is 9.99. The van der Waals surface area contributed by atoms with E-state index in [1.54, 1.807) is 0 Å². The molecule has 1 aliphatic rings. The highest BCUT2D eigenvalue weighted by Crippen LogP contribution is 2.25. The normalized spacial score (nSPS) is 16.5. The minimum atomic E-state index is -0.667. The van der Waals surface area contributed by atoms with Crippen molar-refractivity contribution in [1.82, 2.24) is 0 Å². The summed E-state index contributed by atoms with van der Waals surface area (Å²) in [6.07, 6.45) is 2.43. The van der Waals surface area contributed by atoms with Crippen molar-refractivity contribution in [1.29, 1.82) is 0 Å². The van der Waals surface area contributed by atoms with Gasteiger partial charge in [0.05, 0.1) is 0 Å². The molecule has 4 heteroatoms. The highest BCUT2D eigenvalue weighted by atomic mass is 16.2. The fraction of sp³-hybridized carbons (Fsp3) is 0.381. The van der Waals surface area contributed by atoms with Crippen LogP contribution in [0.3, 0.4) is 0 Å². The van der Waals surface area contributed by atoms with Crippen LogP contribution in [-0.2, 0) is 4.79 Å². The van der Waals surface area contributed by atoms with Crippen LogP contribution < -0.4 is 16.0 Å². The summed E-state index contributed by atoms with van der Waals surface area (Å²) in [5, 5.41) is 2.95. The Morgan fingerprint density at radius 3 is 2.52 bits per heavy atom. The van der Waals surface area contributed by atoms with Crippen molar-refractivity contribution in [3.05, 3.63) is 59.7 Å². The maximum absolute atomic E-state index is 12.5. The van der Waals surface area contributed by atoms with Gasteiger partial charge in [0, 0.05) is 24.5 Å². The largest absolute Gasteiger partial charge is 0.371 e. The van der Waals surface area contributed by atoms with Gasteiger partial charge in [-0.2, -0.15) is 0 Å². The molecule has 0 aromatic heterocycles. The molecule has 2 aromatic carbocycles. The number of rotatable bonds is 4. The topological polar surface area (TPSA) is 58.4 Å². The van der Waals surface area contributed by atoms with Gasteiger partial charge in [-0.15, -0.1) is 0 Å². The van der Waals surface area contributed by atoms with Crippen molar-refractivity contribution in [2.75, 3.05) is 23.3 Å². The number of nitrogens with zero attached hydrogens (tertiary/aromatic N) is 1. The molecular formula is C21H27N3O. The Balaban J connectivity index is 1.67. The first-order valence-electron chi connectivity index (χ1n) is 9.01. The van der Waals surface area contributed by atoms with Gasteiger partial charge in [-0.1, -0.05) is 42.8 Å². The molecule has 1 unspecified atom stereocenters. The van der Waals surface area contributed by atoms with Crippen LogP contribution in [0.1, 0.15) is 36.9 Å². The van der Waals surface area contributed by atoms with Crippen LogP contribution in [0.5, 0.6) is 0 Å². The lowest BCUT2D eigenvalue weighted by Crippen LogP contribution is -2.32. The molecule has 1 fully saturated rings. The zero-order chi connectivity index (χ0) is 17.8. The monoisotopic (exact) mass is 337 g/mol. The van der Waals surface area contributed by atoms with E-state index in [1.165, 1.54) is 12.8 Å². The van der Waals surface area contributed by atoms with E-state index in [0.717, 1.165) is 41.5 Å². The number of piperidine rings is 1. The molecule has 1 aliphatic heterocycles. The number of carbonyl (C=O) groups excluding carboxylic acids is 1. The molecule has 1 heterocycles. The quantitative estimate of drug-likeness (QED) is 0.890. The predicted molar refractivity (Wildman–Crippen MR) is 104 cm³/mol. The fourth-order valence-electron chi connectivity index (χ4n) is 3.19. The van der Waals surface area contributed by atoms with E-state index in [4.69, 9.17) is 5.73 Å². The van der Waals surface area contributed by atoms with E-state index < -0.39 is 6.04 Å². The van der Waals surface area contributed by atoms with E-state index in [9.17, 15) is 4.79 Å². The molecule has 132 valence electrons. The molecule has 1 saturated heterocycles. The molecule has 0 radical (unpaired) electrons. The Bertz CT molecular complexity index is 718. The summed E-state index contributed by atoms with van der Waals surface area (Å²) in [6.45, 7) is 6.46. The Morgan fingerprint density at radius 1 is 1.16 bits per heavy atom. The molecule has 3 rings (SSSR count). The third-order valence-corrected chi connectivity index (χ3v) is 4.98. The van der Waals surface area contributed by atoms with Gasteiger partial charge in [0.2, 0.25) is 5.91 Å². The van der Waals surface area contributed by atoms with E-state index in [0.29, 0.717) is 0 Å². The van der Waals surface area contributed by atoms with Crippen LogP contribution in [0, 0.1) is 12.8 Å². The molecule has 0 aliphatic carbocycles. The van der Waals surface area contributed by atoms with Crippen molar-refractivity contribution in [2.24, 2.45) is 11.7 Å². The fourth-order valence-corrected chi connectivity index (χ4v) is 3.19. The number of carbonyl (C=O) groups is 1. The second kappa shape index (κ2) is 7.70. The Labute approximate surface area is 150 Å². The van der Waals surface area contributed by atoms with Crippen LogP contribution in [0.2, 0.25) is 0 Å². The number of benzene rings is 2. The summed E-state index contributed by atoms with van der Waals surface area (Å²) in [7, 11) is 0. The number of hydrogen-bond acceptors (Lipinski definition) is 3. The van der Waals surface area contributed by atoms with E-state index in [2.05, 4.69) is 23.2 Å². The second-order valence-electron chi connectivity index (χ2n) is 7.10. The van der Waals surface area contributed by atoms with Crippen molar-refractivity contribution < 1.29 is 4.79 Å². The summed E-state index contributed by atoms with van der Waals surface area (Å²) in [4.78, 5) is 14.9. The van der Waals surface area contributed by atoms with Crippen LogP contribution >= 0.6 is 0 Å². The van der Waals surface area contributed by atoms with Crippen LogP contribution in [0.25, 0.3) is 0 Å². The number of anilines is 2. The molecule has 0 spiro atoms. The van der Waals surface area contributed by atoms with Gasteiger partial charge in [0.1, 0.15) is 6.04 Å². The molecule has 4 nitrogen and oxygen atoms in total. The Morgan fingerprint density at radius 2 is 1.84 bits per heavy atom. The number of aryl methyl sites for hydroxylation is 1. The second-order valence-corrected chi connectivity index (χ2v) is 7.10. The van der Waals surface area contributed by atoms with Gasteiger partial charge in [-0.3, -0.25) is 4.79 Å². The number of amides is 1. The lowest BCUT2D eigenvalue weighted by molar-refractivity contribution is -0.117. The summed E-state index contributed by atoms with van der Waals surface area (Å²) in [5.41, 5.74) is 10.0. The maximum atomic E-state index is 12.5. The first-order chi connectivity index (χ1) is 12.0. The number of nitrogens with one attached hydrogen (secondary N) is 1. The standard InChI is InChI=1S/C21H27N3O/c1-15-6-8-17(9-7-15)20(22)21(25)23-18-4-3-5-19(14-18)24-12-10-16(2)11-13-24/h3-9,14,16,20H,10-13,22H2,1-2H3,(H,23,25). The highest BCUT2D eigenvalue weighted by molar-refractivity contribution is 5.95. The van der Waals surface area contributed by atoms with Crippen molar-refractivity contribution in [2.45, 2.75) is 32.7 Å². The molecule has 1 amide bonds. The molecule has 0 bridgehead atoms. The van der Waals surface area contributed by atoms with E-state index >= 15 is 0 Å². The van der Waals surface area contributed by atoms with Crippen LogP contribution in [0.15, 0.2) is 48.5 Å².